The molecule has 2 aromatic rings. The fraction of sp³-hybridized carbons (Fsp3) is 0.286. The lowest BCUT2D eigenvalue weighted by atomic mass is 10.0. The molecule has 2 aromatic carbocycles. The van der Waals surface area contributed by atoms with Crippen molar-refractivity contribution in [2.24, 2.45) is 0 Å². The molecule has 0 amide bonds. The van der Waals surface area contributed by atoms with E-state index in [-0.39, 0.29) is 3.41 Å². The Morgan fingerprint density at radius 2 is 1.71 bits per heavy atom. The molecule has 3 heteroatoms. The van der Waals surface area contributed by atoms with Crippen LogP contribution in [0, 0.1) is 0 Å². The van der Waals surface area contributed by atoms with E-state index in [9.17, 15) is 0 Å². The molecule has 17 heavy (non-hydrogen) atoms. The van der Waals surface area contributed by atoms with Crippen LogP contribution in [0.15, 0.2) is 36.4 Å². The van der Waals surface area contributed by atoms with Gasteiger partial charge in [0.15, 0.2) is 0 Å². The van der Waals surface area contributed by atoms with Crippen LogP contribution in [0.25, 0.3) is 10.8 Å². The van der Waals surface area contributed by atoms with E-state index in [1.807, 2.05) is 23.5 Å². The second-order valence-corrected chi connectivity index (χ2v) is 8.12. The van der Waals surface area contributed by atoms with E-state index in [4.69, 9.17) is 0 Å². The molecule has 0 aliphatic carbocycles. The standard InChI is InChI=1S/C14H14S3/c1-15-14(16-2)13-8-11-6-4-3-5-10(11)7-12(13)9-17-14/h3-8H,9H2,1-2H3. The van der Waals surface area contributed by atoms with Gasteiger partial charge in [0.2, 0.25) is 0 Å². The summed E-state index contributed by atoms with van der Waals surface area (Å²) in [7, 11) is 0. The first kappa shape index (κ1) is 11.8. The van der Waals surface area contributed by atoms with Gasteiger partial charge in [0.1, 0.15) is 3.41 Å². The Bertz CT molecular complexity index is 558. The zero-order valence-electron chi connectivity index (χ0n) is 9.90. The van der Waals surface area contributed by atoms with Gasteiger partial charge in [-0.25, -0.2) is 0 Å². The Morgan fingerprint density at radius 1 is 1.06 bits per heavy atom. The van der Waals surface area contributed by atoms with Gasteiger partial charge in [-0.05, 0) is 46.5 Å². The second kappa shape index (κ2) is 4.45. The molecule has 88 valence electrons. The summed E-state index contributed by atoms with van der Waals surface area (Å²) in [5.74, 6) is 1.14. The zero-order valence-corrected chi connectivity index (χ0v) is 12.3. The van der Waals surface area contributed by atoms with Crippen molar-refractivity contribution in [3.8, 4) is 0 Å². The minimum atomic E-state index is 0.208. The van der Waals surface area contributed by atoms with Crippen LogP contribution < -0.4 is 0 Å². The molecule has 0 radical (unpaired) electrons. The summed E-state index contributed by atoms with van der Waals surface area (Å²) < 4.78 is 0.208. The van der Waals surface area contributed by atoms with E-state index < -0.39 is 0 Å². The largest absolute Gasteiger partial charge is 0.132 e. The summed E-state index contributed by atoms with van der Waals surface area (Å²) in [6.07, 6.45) is 4.43. The zero-order chi connectivity index (χ0) is 11.9. The average Bonchev–Trinajstić information content (AvgIpc) is 2.75. The molecule has 0 spiro atoms. The monoisotopic (exact) mass is 278 g/mol. The van der Waals surface area contributed by atoms with Crippen LogP contribution in [0.5, 0.6) is 0 Å². The molecule has 0 saturated carbocycles. The lowest BCUT2D eigenvalue weighted by Gasteiger charge is -2.25. The summed E-state index contributed by atoms with van der Waals surface area (Å²) >= 11 is 5.97. The smallest absolute Gasteiger partial charge is 0.132 e. The Morgan fingerprint density at radius 3 is 2.35 bits per heavy atom. The van der Waals surface area contributed by atoms with Crippen LogP contribution in [0.2, 0.25) is 0 Å². The molecule has 0 aromatic heterocycles. The van der Waals surface area contributed by atoms with Crippen molar-refractivity contribution < 1.29 is 0 Å². The van der Waals surface area contributed by atoms with Gasteiger partial charge in [-0.2, -0.15) is 0 Å². The van der Waals surface area contributed by atoms with E-state index in [0.29, 0.717) is 0 Å². The van der Waals surface area contributed by atoms with Crippen molar-refractivity contribution in [3.05, 3.63) is 47.5 Å². The average molecular weight is 278 g/mol. The van der Waals surface area contributed by atoms with Crippen LogP contribution in [-0.4, -0.2) is 12.5 Å². The third kappa shape index (κ3) is 1.79. The molecule has 0 bridgehead atoms. The predicted octanol–water partition coefficient (Wildman–Crippen LogP) is 4.92. The molecule has 0 unspecified atom stereocenters. The molecule has 1 aliphatic heterocycles. The van der Waals surface area contributed by atoms with Crippen molar-refractivity contribution in [2.45, 2.75) is 9.16 Å². The Hall–Kier alpha value is -0.250. The molecule has 1 aliphatic rings. The molecule has 0 saturated heterocycles. The number of benzene rings is 2. The summed E-state index contributed by atoms with van der Waals surface area (Å²) in [5.41, 5.74) is 3.03. The number of hydrogen-bond donors (Lipinski definition) is 0. The van der Waals surface area contributed by atoms with Gasteiger partial charge in [0.05, 0.1) is 0 Å². The van der Waals surface area contributed by atoms with Gasteiger partial charge in [-0.15, -0.1) is 35.3 Å². The maximum absolute atomic E-state index is 2.39. The van der Waals surface area contributed by atoms with Crippen LogP contribution in [-0.2, 0) is 9.16 Å². The predicted molar refractivity (Wildman–Crippen MR) is 84.0 cm³/mol. The number of thioether (sulfide) groups is 3. The summed E-state index contributed by atoms with van der Waals surface area (Å²) in [6, 6.07) is 13.4. The van der Waals surface area contributed by atoms with Crippen molar-refractivity contribution in [2.75, 3.05) is 12.5 Å². The second-order valence-electron chi connectivity index (χ2n) is 4.11. The Balaban J connectivity index is 2.24. The molecular weight excluding hydrogens is 264 g/mol. The van der Waals surface area contributed by atoms with Crippen molar-refractivity contribution >= 4 is 46.1 Å². The first-order valence-electron chi connectivity index (χ1n) is 5.55. The van der Waals surface area contributed by atoms with Crippen molar-refractivity contribution in [1.29, 1.82) is 0 Å². The highest BCUT2D eigenvalue weighted by Gasteiger charge is 2.38. The highest BCUT2D eigenvalue weighted by atomic mass is 32.3. The van der Waals surface area contributed by atoms with E-state index in [0.717, 1.165) is 5.75 Å². The number of hydrogen-bond acceptors (Lipinski definition) is 3. The summed E-state index contributed by atoms with van der Waals surface area (Å²) in [6.45, 7) is 0. The third-order valence-electron chi connectivity index (χ3n) is 3.26. The summed E-state index contributed by atoms with van der Waals surface area (Å²) in [5, 5.41) is 2.73. The van der Waals surface area contributed by atoms with Gasteiger partial charge in [-0.3, -0.25) is 0 Å². The molecule has 1 heterocycles. The fourth-order valence-electron chi connectivity index (χ4n) is 2.36. The van der Waals surface area contributed by atoms with Crippen LogP contribution >= 0.6 is 35.3 Å². The lowest BCUT2D eigenvalue weighted by Crippen LogP contribution is -2.07. The fourth-order valence-corrected chi connectivity index (χ4v) is 6.08. The van der Waals surface area contributed by atoms with Crippen molar-refractivity contribution in [1.82, 2.24) is 0 Å². The maximum Gasteiger partial charge on any atom is 0.132 e. The van der Waals surface area contributed by atoms with Crippen LogP contribution in [0.1, 0.15) is 11.1 Å². The van der Waals surface area contributed by atoms with Gasteiger partial charge in [0, 0.05) is 5.75 Å². The Kier molecular flexibility index (Phi) is 3.09. The molecule has 0 fully saturated rings. The number of rotatable bonds is 2. The van der Waals surface area contributed by atoms with E-state index in [1.54, 1.807) is 0 Å². The quantitative estimate of drug-likeness (QED) is 0.715. The SMILES string of the molecule is CSC1(SC)SCc2cc3ccccc3cc21. The van der Waals surface area contributed by atoms with Crippen LogP contribution in [0.3, 0.4) is 0 Å². The maximum atomic E-state index is 2.39. The molecule has 3 rings (SSSR count). The highest BCUT2D eigenvalue weighted by molar-refractivity contribution is 8.32. The van der Waals surface area contributed by atoms with E-state index in [2.05, 4.69) is 60.7 Å². The minimum Gasteiger partial charge on any atom is -0.132 e. The first-order chi connectivity index (χ1) is 8.29. The van der Waals surface area contributed by atoms with Gasteiger partial charge in [-0.1, -0.05) is 24.3 Å². The lowest BCUT2D eigenvalue weighted by molar-refractivity contribution is 1.30. The van der Waals surface area contributed by atoms with Gasteiger partial charge >= 0.3 is 0 Å². The van der Waals surface area contributed by atoms with Crippen LogP contribution in [0.4, 0.5) is 0 Å². The van der Waals surface area contributed by atoms with Gasteiger partial charge < -0.3 is 0 Å². The van der Waals surface area contributed by atoms with Gasteiger partial charge in [0.25, 0.3) is 0 Å². The third-order valence-corrected chi connectivity index (χ3v) is 8.53. The highest BCUT2D eigenvalue weighted by Crippen LogP contribution is 2.60. The van der Waals surface area contributed by atoms with E-state index >= 15 is 0 Å². The van der Waals surface area contributed by atoms with E-state index in [1.165, 1.54) is 21.9 Å². The van der Waals surface area contributed by atoms with Crippen molar-refractivity contribution in [3.63, 3.8) is 0 Å². The Labute approximate surface area is 115 Å². The molecular formula is C14H14S3. The first-order valence-corrected chi connectivity index (χ1v) is 8.99. The minimum absolute atomic E-state index is 0.208. The number of fused-ring (bicyclic) bond motifs is 2. The normalized spacial score (nSPS) is 17.3. The molecule has 0 atom stereocenters. The molecule has 0 nitrogen and oxygen atoms in total. The molecule has 0 N–H and O–H groups in total. The summed E-state index contributed by atoms with van der Waals surface area (Å²) in [4.78, 5) is 0. The topological polar surface area (TPSA) is 0 Å².